The first-order valence-corrected chi connectivity index (χ1v) is 10.7. The van der Waals surface area contributed by atoms with E-state index in [9.17, 15) is 19.2 Å². The van der Waals surface area contributed by atoms with Gasteiger partial charge < -0.3 is 14.3 Å². The van der Waals surface area contributed by atoms with Crippen molar-refractivity contribution in [2.75, 3.05) is 11.9 Å². The van der Waals surface area contributed by atoms with E-state index >= 15 is 0 Å². The lowest BCUT2D eigenvalue weighted by atomic mass is 10.0. The number of aryl methyl sites for hydroxylation is 2. The molecule has 4 amide bonds. The topological polar surface area (TPSA) is 144 Å². The highest BCUT2D eigenvalue weighted by molar-refractivity contribution is 6.06. The van der Waals surface area contributed by atoms with E-state index in [1.54, 1.807) is 39.1 Å². The Bertz CT molecular complexity index is 1340. The third-order valence-electron chi connectivity index (χ3n) is 6.12. The summed E-state index contributed by atoms with van der Waals surface area (Å²) in [5.41, 5.74) is 3.02. The molecule has 1 N–H and O–H groups in total. The summed E-state index contributed by atoms with van der Waals surface area (Å²) in [7, 11) is 1.60. The molecular formula is C22H21N7O5. The summed E-state index contributed by atoms with van der Waals surface area (Å²) in [6.45, 7) is 3.74. The number of benzene rings is 1. The molecule has 2 aromatic heterocycles. The summed E-state index contributed by atoms with van der Waals surface area (Å²) in [6, 6.07) is 4.52. The number of carbonyl (C=O) groups excluding carboxylic acids is 4. The lowest BCUT2D eigenvalue weighted by molar-refractivity contribution is -0.136. The molecule has 174 valence electrons. The first kappa shape index (κ1) is 21.5. The van der Waals surface area contributed by atoms with Gasteiger partial charge in [-0.2, -0.15) is 0 Å². The fourth-order valence-corrected chi connectivity index (χ4v) is 4.40. The number of nitrogens with zero attached hydrogens (tertiary/aromatic N) is 6. The average Bonchev–Trinajstić information content (AvgIpc) is 3.51. The van der Waals surface area contributed by atoms with E-state index in [0.29, 0.717) is 34.8 Å². The molecule has 34 heavy (non-hydrogen) atoms. The highest BCUT2D eigenvalue weighted by Gasteiger charge is 2.39. The van der Waals surface area contributed by atoms with Gasteiger partial charge in [-0.3, -0.25) is 24.5 Å². The second-order valence-electron chi connectivity index (χ2n) is 8.33. The van der Waals surface area contributed by atoms with Gasteiger partial charge in [0, 0.05) is 25.6 Å². The van der Waals surface area contributed by atoms with Crippen molar-refractivity contribution in [1.29, 1.82) is 0 Å². The molecule has 12 heteroatoms. The molecule has 1 unspecified atom stereocenters. The molecule has 2 aliphatic heterocycles. The zero-order chi connectivity index (χ0) is 24.1. The van der Waals surface area contributed by atoms with Crippen molar-refractivity contribution < 1.29 is 23.7 Å². The van der Waals surface area contributed by atoms with Crippen molar-refractivity contribution in [2.24, 2.45) is 0 Å². The van der Waals surface area contributed by atoms with E-state index in [-0.39, 0.29) is 36.4 Å². The van der Waals surface area contributed by atoms with Crippen molar-refractivity contribution in [3.05, 3.63) is 52.7 Å². The Labute approximate surface area is 193 Å². The molecule has 2 aliphatic rings. The third kappa shape index (κ3) is 3.43. The number of aromatic nitrogens is 4. The largest absolute Gasteiger partial charge is 0.359 e. The maximum Gasteiger partial charge on any atom is 0.280 e. The minimum absolute atomic E-state index is 0.111. The quantitative estimate of drug-likeness (QED) is 0.563. The van der Waals surface area contributed by atoms with Crippen molar-refractivity contribution in [3.63, 3.8) is 0 Å². The van der Waals surface area contributed by atoms with Crippen LogP contribution < -0.4 is 10.2 Å². The van der Waals surface area contributed by atoms with Gasteiger partial charge in [-0.1, -0.05) is 16.4 Å². The Kier molecular flexibility index (Phi) is 5.00. The number of carbonyl (C=O) groups is 4. The number of amides is 4. The smallest absolute Gasteiger partial charge is 0.280 e. The summed E-state index contributed by atoms with van der Waals surface area (Å²) in [6.07, 6.45) is 1.97. The van der Waals surface area contributed by atoms with Crippen LogP contribution in [-0.4, -0.2) is 61.8 Å². The predicted molar refractivity (Wildman–Crippen MR) is 116 cm³/mol. The van der Waals surface area contributed by atoms with Crippen molar-refractivity contribution in [1.82, 2.24) is 30.4 Å². The molecular weight excluding hydrogens is 442 g/mol. The molecule has 1 saturated heterocycles. The van der Waals surface area contributed by atoms with Gasteiger partial charge in [0.05, 0.1) is 11.9 Å². The Balaban J connectivity index is 1.37. The lowest BCUT2D eigenvalue weighted by Gasteiger charge is -2.29. The molecule has 1 aromatic carbocycles. The maximum atomic E-state index is 13.0. The molecule has 1 fully saturated rings. The molecule has 12 nitrogen and oxygen atoms in total. The first-order chi connectivity index (χ1) is 16.2. The summed E-state index contributed by atoms with van der Waals surface area (Å²) in [5.74, 6) is -0.954. The van der Waals surface area contributed by atoms with Crippen molar-refractivity contribution >= 4 is 29.3 Å². The van der Waals surface area contributed by atoms with E-state index in [2.05, 4.69) is 20.8 Å². The Hall–Kier alpha value is -4.35. The van der Waals surface area contributed by atoms with Crippen LogP contribution in [0.5, 0.6) is 0 Å². The van der Waals surface area contributed by atoms with Crippen LogP contribution in [0, 0.1) is 13.8 Å². The standard InChI is InChI=1S/C22H21N7O5/c1-11-19(12(2)34-25-11)27(3)22(33)16-10-29(26-24-16)14-5-4-13-9-28(21(32)15(13)8-14)17-6-7-18(30)23-20(17)31/h4-5,8,10,17H,6-7,9H2,1-3H3,(H,23,30,31). The van der Waals surface area contributed by atoms with Gasteiger partial charge in [0.1, 0.15) is 17.4 Å². The Morgan fingerprint density at radius 3 is 2.74 bits per heavy atom. The predicted octanol–water partition coefficient (Wildman–Crippen LogP) is 0.910. The fraction of sp³-hybridized carbons (Fsp3) is 0.318. The Morgan fingerprint density at radius 1 is 1.24 bits per heavy atom. The van der Waals surface area contributed by atoms with E-state index in [1.165, 1.54) is 20.7 Å². The number of hydrogen-bond acceptors (Lipinski definition) is 8. The van der Waals surface area contributed by atoms with Crippen LogP contribution in [0.1, 0.15) is 50.7 Å². The summed E-state index contributed by atoms with van der Waals surface area (Å²) in [4.78, 5) is 52.5. The highest BCUT2D eigenvalue weighted by atomic mass is 16.5. The minimum atomic E-state index is -0.684. The van der Waals surface area contributed by atoms with E-state index < -0.39 is 11.9 Å². The maximum absolute atomic E-state index is 13.0. The van der Waals surface area contributed by atoms with Gasteiger partial charge in [0.25, 0.3) is 11.8 Å². The SMILES string of the molecule is Cc1noc(C)c1N(C)C(=O)c1cn(-c2ccc3c(c2)C(=O)N(C2CCC(=O)NC2=O)C3)nn1. The van der Waals surface area contributed by atoms with Gasteiger partial charge in [0.2, 0.25) is 11.8 Å². The summed E-state index contributed by atoms with van der Waals surface area (Å²) >= 11 is 0. The second-order valence-corrected chi connectivity index (χ2v) is 8.33. The number of nitrogens with one attached hydrogen (secondary N) is 1. The third-order valence-corrected chi connectivity index (χ3v) is 6.12. The number of anilines is 1. The molecule has 0 saturated carbocycles. The Morgan fingerprint density at radius 2 is 2.03 bits per heavy atom. The average molecular weight is 463 g/mol. The minimum Gasteiger partial charge on any atom is -0.359 e. The molecule has 0 bridgehead atoms. The lowest BCUT2D eigenvalue weighted by Crippen LogP contribution is -2.52. The molecule has 5 rings (SSSR count). The second kappa shape index (κ2) is 7.90. The van der Waals surface area contributed by atoms with Crippen LogP contribution in [0.15, 0.2) is 28.9 Å². The number of piperidine rings is 1. The van der Waals surface area contributed by atoms with Gasteiger partial charge in [0.15, 0.2) is 11.5 Å². The van der Waals surface area contributed by atoms with Crippen LogP contribution >= 0.6 is 0 Å². The molecule has 3 aromatic rings. The van der Waals surface area contributed by atoms with Crippen LogP contribution in [-0.2, 0) is 16.1 Å². The normalized spacial score (nSPS) is 17.7. The zero-order valence-electron chi connectivity index (χ0n) is 18.7. The highest BCUT2D eigenvalue weighted by Crippen LogP contribution is 2.29. The summed E-state index contributed by atoms with van der Waals surface area (Å²) in [5, 5.41) is 14.2. The number of imide groups is 1. The number of rotatable bonds is 4. The molecule has 0 aliphatic carbocycles. The van der Waals surface area contributed by atoms with E-state index in [1.807, 2.05) is 0 Å². The van der Waals surface area contributed by atoms with Crippen molar-refractivity contribution in [3.8, 4) is 5.69 Å². The van der Waals surface area contributed by atoms with E-state index in [4.69, 9.17) is 4.52 Å². The van der Waals surface area contributed by atoms with Gasteiger partial charge in [-0.15, -0.1) is 5.10 Å². The first-order valence-electron chi connectivity index (χ1n) is 10.7. The zero-order valence-corrected chi connectivity index (χ0v) is 18.7. The number of fused-ring (bicyclic) bond motifs is 1. The van der Waals surface area contributed by atoms with Crippen LogP contribution in [0.3, 0.4) is 0 Å². The van der Waals surface area contributed by atoms with Gasteiger partial charge in [-0.25, -0.2) is 4.68 Å². The summed E-state index contributed by atoms with van der Waals surface area (Å²) < 4.78 is 6.54. The van der Waals surface area contributed by atoms with Crippen molar-refractivity contribution in [2.45, 2.75) is 39.3 Å². The van der Waals surface area contributed by atoms with Crippen LogP contribution in [0.4, 0.5) is 5.69 Å². The van der Waals surface area contributed by atoms with Gasteiger partial charge in [-0.05, 0) is 38.0 Å². The molecule has 1 atom stereocenters. The number of hydrogen-bond donors (Lipinski definition) is 1. The van der Waals surface area contributed by atoms with E-state index in [0.717, 1.165) is 5.56 Å². The monoisotopic (exact) mass is 463 g/mol. The molecule has 0 spiro atoms. The molecule has 0 radical (unpaired) electrons. The van der Waals surface area contributed by atoms with Crippen LogP contribution in [0.25, 0.3) is 5.69 Å². The molecule has 4 heterocycles. The van der Waals surface area contributed by atoms with Crippen LogP contribution in [0.2, 0.25) is 0 Å². The van der Waals surface area contributed by atoms with Gasteiger partial charge >= 0.3 is 0 Å². The fourth-order valence-electron chi connectivity index (χ4n) is 4.40.